The summed E-state index contributed by atoms with van der Waals surface area (Å²) < 4.78 is 44.9. The van der Waals surface area contributed by atoms with Crippen LogP contribution in [0.2, 0.25) is 0 Å². The Morgan fingerprint density at radius 1 is 1.31 bits per heavy atom. The molecule has 2 aromatic rings. The van der Waals surface area contributed by atoms with E-state index >= 15 is 0 Å². The number of halogens is 3. The largest absolute Gasteiger partial charge is 0.451 e. The zero-order valence-corrected chi connectivity index (χ0v) is 17.5. The van der Waals surface area contributed by atoms with E-state index in [0.29, 0.717) is 38.4 Å². The van der Waals surface area contributed by atoms with Crippen molar-refractivity contribution in [3.63, 3.8) is 0 Å². The molecule has 1 fully saturated rings. The Kier molecular flexibility index (Phi) is 7.41. The van der Waals surface area contributed by atoms with Crippen molar-refractivity contribution in [1.29, 1.82) is 0 Å². The van der Waals surface area contributed by atoms with E-state index in [4.69, 9.17) is 4.42 Å². The topological polar surface area (TPSA) is 86.3 Å². The van der Waals surface area contributed by atoms with Crippen molar-refractivity contribution < 1.29 is 22.4 Å². The van der Waals surface area contributed by atoms with Crippen molar-refractivity contribution in [3.05, 3.63) is 54.4 Å². The summed E-state index contributed by atoms with van der Waals surface area (Å²) in [5.41, 5.74) is 0.471. The highest BCUT2D eigenvalue weighted by atomic mass is 19.4. The molecule has 1 amide bonds. The SMILES string of the molecule is C=N/C(=N\C=C/C)C(=O)Nc1cc(C(F)(F)F)ccc1N1CCN(Cc2cocn2)CC1. The summed E-state index contributed by atoms with van der Waals surface area (Å²) in [6.07, 6.45) is 1.34. The monoisotopic (exact) mass is 448 g/mol. The fourth-order valence-electron chi connectivity index (χ4n) is 3.27. The molecule has 170 valence electrons. The first kappa shape index (κ1) is 23.2. The van der Waals surface area contributed by atoms with Gasteiger partial charge in [-0.25, -0.2) is 15.0 Å². The number of amides is 1. The molecule has 0 atom stereocenters. The number of anilines is 2. The number of oxazole rings is 1. The lowest BCUT2D eigenvalue weighted by atomic mass is 10.1. The van der Waals surface area contributed by atoms with Crippen LogP contribution in [0.1, 0.15) is 18.2 Å². The minimum absolute atomic E-state index is 0.0339. The molecule has 2 heterocycles. The number of carbonyl (C=O) groups excluding carboxylic acids is 1. The maximum Gasteiger partial charge on any atom is 0.416 e. The summed E-state index contributed by atoms with van der Waals surface area (Å²) in [7, 11) is 0. The number of alkyl halides is 3. The molecule has 1 aromatic heterocycles. The first-order chi connectivity index (χ1) is 15.3. The molecule has 0 saturated carbocycles. The number of aromatic nitrogens is 1. The van der Waals surface area contributed by atoms with E-state index in [1.54, 1.807) is 19.3 Å². The smallest absolute Gasteiger partial charge is 0.416 e. The van der Waals surface area contributed by atoms with Crippen LogP contribution in [0, 0.1) is 0 Å². The van der Waals surface area contributed by atoms with Crippen LogP contribution in [0.25, 0.3) is 0 Å². The second kappa shape index (κ2) is 10.2. The number of aliphatic imine (C=N–C) groups is 2. The van der Waals surface area contributed by atoms with Gasteiger partial charge in [-0.15, -0.1) is 0 Å². The minimum atomic E-state index is -4.55. The van der Waals surface area contributed by atoms with Crippen LogP contribution in [-0.4, -0.2) is 54.5 Å². The second-order valence-corrected chi connectivity index (χ2v) is 7.02. The Bertz CT molecular complexity index is 993. The number of piperazine rings is 1. The summed E-state index contributed by atoms with van der Waals surface area (Å²) in [4.78, 5) is 28.2. The van der Waals surface area contributed by atoms with E-state index < -0.39 is 17.6 Å². The van der Waals surface area contributed by atoms with E-state index in [-0.39, 0.29) is 11.5 Å². The number of allylic oxidation sites excluding steroid dienone is 1. The van der Waals surface area contributed by atoms with E-state index in [1.807, 2.05) is 4.90 Å². The Labute approximate surface area is 183 Å². The molecule has 32 heavy (non-hydrogen) atoms. The first-order valence-corrected chi connectivity index (χ1v) is 9.84. The summed E-state index contributed by atoms with van der Waals surface area (Å²) in [6, 6.07) is 3.30. The van der Waals surface area contributed by atoms with Gasteiger partial charge in [0.2, 0.25) is 5.84 Å². The van der Waals surface area contributed by atoms with Crippen LogP contribution < -0.4 is 10.2 Å². The average molecular weight is 448 g/mol. The highest BCUT2D eigenvalue weighted by Crippen LogP contribution is 2.36. The van der Waals surface area contributed by atoms with Crippen molar-refractivity contribution in [2.45, 2.75) is 19.6 Å². The summed E-state index contributed by atoms with van der Waals surface area (Å²) in [6.45, 7) is 8.09. The van der Waals surface area contributed by atoms with Gasteiger partial charge < -0.3 is 14.6 Å². The van der Waals surface area contributed by atoms with Gasteiger partial charge >= 0.3 is 6.18 Å². The Balaban J connectivity index is 1.81. The lowest BCUT2D eigenvalue weighted by molar-refractivity contribution is -0.137. The first-order valence-electron chi connectivity index (χ1n) is 9.84. The number of hydrogen-bond acceptors (Lipinski definition) is 6. The molecule has 1 aliphatic heterocycles. The van der Waals surface area contributed by atoms with Gasteiger partial charge in [-0.1, -0.05) is 6.08 Å². The molecule has 0 aliphatic carbocycles. The van der Waals surface area contributed by atoms with Gasteiger partial charge in [0.15, 0.2) is 6.39 Å². The molecule has 0 radical (unpaired) electrons. The number of hydrogen-bond donors (Lipinski definition) is 1. The van der Waals surface area contributed by atoms with E-state index in [1.165, 1.54) is 18.7 Å². The summed E-state index contributed by atoms with van der Waals surface area (Å²) in [5, 5.41) is 2.51. The lowest BCUT2D eigenvalue weighted by Crippen LogP contribution is -2.46. The van der Waals surface area contributed by atoms with Gasteiger partial charge in [0.25, 0.3) is 5.91 Å². The fraction of sp³-hybridized carbons (Fsp3) is 0.333. The van der Waals surface area contributed by atoms with Gasteiger partial charge in [-0.05, 0) is 31.8 Å². The third-order valence-electron chi connectivity index (χ3n) is 4.85. The van der Waals surface area contributed by atoms with Crippen LogP contribution in [0.5, 0.6) is 0 Å². The maximum absolute atomic E-state index is 13.3. The van der Waals surface area contributed by atoms with Crippen molar-refractivity contribution >= 4 is 29.8 Å². The molecule has 0 spiro atoms. The predicted molar refractivity (Wildman–Crippen MR) is 116 cm³/mol. The van der Waals surface area contributed by atoms with E-state index in [2.05, 4.69) is 31.9 Å². The van der Waals surface area contributed by atoms with Gasteiger partial charge in [-0.2, -0.15) is 13.2 Å². The third-order valence-corrected chi connectivity index (χ3v) is 4.85. The van der Waals surface area contributed by atoms with Crippen molar-refractivity contribution in [2.24, 2.45) is 9.98 Å². The Morgan fingerprint density at radius 3 is 2.66 bits per heavy atom. The Hall–Kier alpha value is -3.47. The average Bonchev–Trinajstić information content (AvgIpc) is 3.27. The quantitative estimate of drug-likeness (QED) is 0.558. The molecule has 0 bridgehead atoms. The number of nitrogens with one attached hydrogen (secondary N) is 1. The second-order valence-electron chi connectivity index (χ2n) is 7.02. The molecular formula is C21H23F3N6O2. The highest BCUT2D eigenvalue weighted by Gasteiger charge is 2.32. The number of benzene rings is 1. The molecule has 1 N–H and O–H groups in total. The highest BCUT2D eigenvalue weighted by molar-refractivity contribution is 6.43. The van der Waals surface area contributed by atoms with Crippen LogP contribution in [0.3, 0.4) is 0 Å². The molecule has 1 aromatic carbocycles. The van der Waals surface area contributed by atoms with Crippen LogP contribution in [-0.2, 0) is 17.5 Å². The van der Waals surface area contributed by atoms with Gasteiger partial charge in [0.1, 0.15) is 6.26 Å². The van der Waals surface area contributed by atoms with E-state index in [0.717, 1.165) is 17.8 Å². The van der Waals surface area contributed by atoms with Crippen molar-refractivity contribution in [2.75, 3.05) is 36.4 Å². The number of rotatable bonds is 5. The van der Waals surface area contributed by atoms with Gasteiger partial charge in [0, 0.05) is 38.9 Å². The van der Waals surface area contributed by atoms with Gasteiger partial charge in [-0.3, -0.25) is 9.69 Å². The standard InChI is InChI=1S/C21H23F3N6O2/c1-3-6-26-19(25-2)20(31)28-17-11-15(21(22,23)24)4-5-18(17)30-9-7-29(8-10-30)12-16-13-32-14-27-16/h3-6,11,13-14H,2,7-10,12H2,1H3,(H,28,31)/b6-3-,26-19-. The fourth-order valence-corrected chi connectivity index (χ4v) is 3.27. The molecule has 3 rings (SSSR count). The molecule has 8 nitrogen and oxygen atoms in total. The zero-order valence-electron chi connectivity index (χ0n) is 17.5. The van der Waals surface area contributed by atoms with Crippen molar-refractivity contribution in [3.8, 4) is 0 Å². The zero-order chi connectivity index (χ0) is 23.1. The van der Waals surface area contributed by atoms with Crippen LogP contribution in [0.15, 0.2) is 57.5 Å². The van der Waals surface area contributed by atoms with E-state index in [9.17, 15) is 18.0 Å². The number of amidine groups is 1. The van der Waals surface area contributed by atoms with Gasteiger partial charge in [0.05, 0.1) is 22.6 Å². The minimum Gasteiger partial charge on any atom is -0.451 e. The molecule has 11 heteroatoms. The molecule has 1 aliphatic rings. The molecule has 1 saturated heterocycles. The van der Waals surface area contributed by atoms with Crippen LogP contribution in [0.4, 0.5) is 24.5 Å². The third kappa shape index (κ3) is 5.82. The summed E-state index contributed by atoms with van der Waals surface area (Å²) in [5.74, 6) is -0.993. The van der Waals surface area contributed by atoms with Crippen molar-refractivity contribution in [1.82, 2.24) is 9.88 Å². The Morgan fingerprint density at radius 2 is 2.06 bits per heavy atom. The number of nitrogens with zero attached hydrogens (tertiary/aromatic N) is 5. The predicted octanol–water partition coefficient (Wildman–Crippen LogP) is 3.59. The molecule has 0 unspecified atom stereocenters. The van der Waals surface area contributed by atoms with Crippen LogP contribution >= 0.6 is 0 Å². The maximum atomic E-state index is 13.3. The normalized spacial score (nSPS) is 15.9. The number of carbonyl (C=O) groups is 1. The molecular weight excluding hydrogens is 425 g/mol. The summed E-state index contributed by atoms with van der Waals surface area (Å²) >= 11 is 0. The lowest BCUT2D eigenvalue weighted by Gasteiger charge is -2.36.